The summed E-state index contributed by atoms with van der Waals surface area (Å²) >= 11 is 0. The van der Waals surface area contributed by atoms with E-state index in [2.05, 4.69) is 34.9 Å². The van der Waals surface area contributed by atoms with E-state index in [1.165, 1.54) is 6.42 Å². The first-order valence-corrected chi connectivity index (χ1v) is 6.47. The third-order valence-corrected chi connectivity index (χ3v) is 2.99. The molecule has 0 spiro atoms. The van der Waals surface area contributed by atoms with Crippen LogP contribution in [0.3, 0.4) is 0 Å². The zero-order valence-corrected chi connectivity index (χ0v) is 11.5. The van der Waals surface area contributed by atoms with Gasteiger partial charge in [0.05, 0.1) is 12.3 Å². The lowest BCUT2D eigenvalue weighted by atomic mass is 10.3. The maximum absolute atomic E-state index is 5.56. The van der Waals surface area contributed by atoms with Crippen LogP contribution in [0, 0.1) is 6.92 Å². The Kier molecular flexibility index (Phi) is 6.22. The van der Waals surface area contributed by atoms with Crippen LogP contribution in [-0.2, 0) is 11.3 Å². The van der Waals surface area contributed by atoms with Gasteiger partial charge in [-0.3, -0.25) is 0 Å². The number of unbranched alkanes of at least 4 members (excludes halogenated alkanes) is 1. The van der Waals surface area contributed by atoms with E-state index in [9.17, 15) is 0 Å². The molecule has 1 unspecified atom stereocenters. The molecule has 1 aromatic heterocycles. The van der Waals surface area contributed by atoms with Gasteiger partial charge in [-0.1, -0.05) is 13.3 Å². The lowest BCUT2D eigenvalue weighted by molar-refractivity contribution is 0.123. The molecule has 0 saturated carbocycles. The second-order valence-corrected chi connectivity index (χ2v) is 4.38. The predicted octanol–water partition coefficient (Wildman–Crippen LogP) is 2.29. The molecule has 0 amide bonds. The number of nitrogens with zero attached hydrogens (tertiary/aromatic N) is 2. The summed E-state index contributed by atoms with van der Waals surface area (Å²) in [5, 5.41) is 3.20. The Bertz CT molecular complexity index is 322. The highest BCUT2D eigenvalue weighted by Crippen LogP contribution is 2.11. The first kappa shape index (κ1) is 14.2. The molecule has 1 atom stereocenters. The van der Waals surface area contributed by atoms with Gasteiger partial charge in [0.2, 0.25) is 0 Å². The summed E-state index contributed by atoms with van der Waals surface area (Å²) in [4.78, 5) is 4.54. The number of ether oxygens (including phenoxy) is 1. The normalized spacial score (nSPS) is 12.9. The van der Waals surface area contributed by atoms with E-state index in [-0.39, 0.29) is 0 Å². The number of hydrogen-bond donors (Lipinski definition) is 1. The van der Waals surface area contributed by atoms with E-state index in [0.29, 0.717) is 6.04 Å². The van der Waals surface area contributed by atoms with E-state index in [4.69, 9.17) is 4.74 Å². The van der Waals surface area contributed by atoms with Crippen molar-refractivity contribution in [1.82, 2.24) is 14.9 Å². The lowest BCUT2D eigenvalue weighted by Crippen LogP contribution is -2.12. The molecule has 17 heavy (non-hydrogen) atoms. The molecule has 0 aromatic carbocycles. The molecule has 0 aliphatic rings. The van der Waals surface area contributed by atoms with E-state index in [0.717, 1.165) is 37.7 Å². The number of nitrogens with one attached hydrogen (secondary N) is 1. The monoisotopic (exact) mass is 239 g/mol. The SMILES string of the molecule is CCCCOCCn1cc(C(C)NC)nc1C. The molecular weight excluding hydrogens is 214 g/mol. The quantitative estimate of drug-likeness (QED) is 0.707. The minimum atomic E-state index is 0.302. The number of aryl methyl sites for hydroxylation is 1. The standard InChI is InChI=1S/C13H25N3O/c1-5-6-8-17-9-7-16-10-13(11(2)14-4)15-12(16)3/h10-11,14H,5-9H2,1-4H3. The summed E-state index contributed by atoms with van der Waals surface area (Å²) in [6.07, 6.45) is 4.44. The van der Waals surface area contributed by atoms with Crippen LogP contribution in [0.15, 0.2) is 6.20 Å². The molecule has 1 rings (SSSR count). The van der Waals surface area contributed by atoms with Crippen LogP contribution >= 0.6 is 0 Å². The Morgan fingerprint density at radius 3 is 2.88 bits per heavy atom. The van der Waals surface area contributed by atoms with Gasteiger partial charge in [-0.2, -0.15) is 0 Å². The van der Waals surface area contributed by atoms with E-state index < -0.39 is 0 Å². The summed E-state index contributed by atoms with van der Waals surface area (Å²) in [6, 6.07) is 0.302. The van der Waals surface area contributed by atoms with Gasteiger partial charge < -0.3 is 14.6 Å². The van der Waals surface area contributed by atoms with Crippen molar-refractivity contribution in [2.75, 3.05) is 20.3 Å². The minimum absolute atomic E-state index is 0.302. The average Bonchev–Trinajstić information content (AvgIpc) is 2.70. The van der Waals surface area contributed by atoms with Gasteiger partial charge in [0.15, 0.2) is 0 Å². The van der Waals surface area contributed by atoms with Crippen molar-refractivity contribution in [3.8, 4) is 0 Å². The van der Waals surface area contributed by atoms with Crippen LogP contribution < -0.4 is 5.32 Å². The Hall–Kier alpha value is -0.870. The van der Waals surface area contributed by atoms with Gasteiger partial charge in [-0.25, -0.2) is 4.98 Å². The van der Waals surface area contributed by atoms with Crippen molar-refractivity contribution in [2.45, 2.75) is 46.2 Å². The summed E-state index contributed by atoms with van der Waals surface area (Å²) < 4.78 is 7.73. The fourth-order valence-electron chi connectivity index (χ4n) is 1.63. The van der Waals surface area contributed by atoms with Crippen LogP contribution in [0.2, 0.25) is 0 Å². The Morgan fingerprint density at radius 2 is 2.24 bits per heavy atom. The topological polar surface area (TPSA) is 39.1 Å². The molecule has 1 aromatic rings. The van der Waals surface area contributed by atoms with Crippen molar-refractivity contribution >= 4 is 0 Å². The lowest BCUT2D eigenvalue weighted by Gasteiger charge is -2.06. The molecule has 98 valence electrons. The number of aromatic nitrogens is 2. The first-order chi connectivity index (χ1) is 8.19. The Balaban J connectivity index is 2.40. The fraction of sp³-hybridized carbons (Fsp3) is 0.769. The summed E-state index contributed by atoms with van der Waals surface area (Å²) in [5.41, 5.74) is 1.10. The zero-order chi connectivity index (χ0) is 12.7. The number of hydrogen-bond acceptors (Lipinski definition) is 3. The van der Waals surface area contributed by atoms with Crippen LogP contribution in [0.5, 0.6) is 0 Å². The van der Waals surface area contributed by atoms with Crippen molar-refractivity contribution in [3.63, 3.8) is 0 Å². The van der Waals surface area contributed by atoms with Crippen molar-refractivity contribution < 1.29 is 4.74 Å². The van der Waals surface area contributed by atoms with E-state index in [1.54, 1.807) is 0 Å². The maximum atomic E-state index is 5.56. The molecule has 0 fully saturated rings. The predicted molar refractivity (Wildman–Crippen MR) is 70.2 cm³/mol. The fourth-order valence-corrected chi connectivity index (χ4v) is 1.63. The molecule has 0 bridgehead atoms. The van der Waals surface area contributed by atoms with Crippen LogP contribution in [0.4, 0.5) is 0 Å². The molecule has 0 aliphatic heterocycles. The summed E-state index contributed by atoms with van der Waals surface area (Å²) in [5.74, 6) is 1.06. The second kappa shape index (κ2) is 7.45. The second-order valence-electron chi connectivity index (χ2n) is 4.38. The highest BCUT2D eigenvalue weighted by Gasteiger charge is 2.08. The third kappa shape index (κ3) is 4.48. The Labute approximate surface area is 104 Å². The number of rotatable bonds is 8. The molecule has 0 radical (unpaired) electrons. The van der Waals surface area contributed by atoms with E-state index in [1.807, 2.05) is 14.0 Å². The van der Waals surface area contributed by atoms with Gasteiger partial charge in [-0.05, 0) is 27.3 Å². The smallest absolute Gasteiger partial charge is 0.105 e. The van der Waals surface area contributed by atoms with Gasteiger partial charge >= 0.3 is 0 Å². The highest BCUT2D eigenvalue weighted by atomic mass is 16.5. The summed E-state index contributed by atoms with van der Waals surface area (Å²) in [6.45, 7) is 8.85. The average molecular weight is 239 g/mol. The van der Waals surface area contributed by atoms with Crippen molar-refractivity contribution in [2.24, 2.45) is 0 Å². The van der Waals surface area contributed by atoms with Gasteiger partial charge in [0, 0.05) is 25.4 Å². The minimum Gasteiger partial charge on any atom is -0.380 e. The van der Waals surface area contributed by atoms with Crippen molar-refractivity contribution in [3.05, 3.63) is 17.7 Å². The number of imidazole rings is 1. The molecule has 4 heteroatoms. The largest absolute Gasteiger partial charge is 0.380 e. The molecule has 1 N–H and O–H groups in total. The molecular formula is C13H25N3O. The molecule has 0 aliphatic carbocycles. The summed E-state index contributed by atoms with van der Waals surface area (Å²) in [7, 11) is 1.95. The van der Waals surface area contributed by atoms with Crippen LogP contribution in [0.1, 0.15) is 44.2 Å². The molecule has 4 nitrogen and oxygen atoms in total. The van der Waals surface area contributed by atoms with Gasteiger partial charge in [0.25, 0.3) is 0 Å². The van der Waals surface area contributed by atoms with Crippen LogP contribution in [0.25, 0.3) is 0 Å². The first-order valence-electron chi connectivity index (χ1n) is 6.47. The van der Waals surface area contributed by atoms with Crippen molar-refractivity contribution in [1.29, 1.82) is 0 Å². The third-order valence-electron chi connectivity index (χ3n) is 2.99. The maximum Gasteiger partial charge on any atom is 0.105 e. The van der Waals surface area contributed by atoms with Gasteiger partial charge in [-0.15, -0.1) is 0 Å². The van der Waals surface area contributed by atoms with Crippen LogP contribution in [-0.4, -0.2) is 29.8 Å². The molecule has 1 heterocycles. The Morgan fingerprint density at radius 1 is 1.47 bits per heavy atom. The van der Waals surface area contributed by atoms with E-state index >= 15 is 0 Å². The zero-order valence-electron chi connectivity index (χ0n) is 11.5. The highest BCUT2D eigenvalue weighted by molar-refractivity contribution is 5.07. The molecule has 0 saturated heterocycles. The van der Waals surface area contributed by atoms with Gasteiger partial charge in [0.1, 0.15) is 5.82 Å².